The number of carbonyl (C=O) groups is 1. The number of aliphatic imine (C=N–C) groups is 1. The molecule has 2 aliphatic rings. The molecule has 1 atom stereocenters. The summed E-state index contributed by atoms with van der Waals surface area (Å²) in [6.07, 6.45) is 1.40. The van der Waals surface area contributed by atoms with E-state index in [0.29, 0.717) is 6.42 Å². The molecule has 1 saturated carbocycles. The van der Waals surface area contributed by atoms with Crippen molar-refractivity contribution in [2.45, 2.75) is 25.7 Å². The van der Waals surface area contributed by atoms with Gasteiger partial charge in [-0.05, 0) is 36.9 Å². The van der Waals surface area contributed by atoms with Crippen molar-refractivity contribution in [1.29, 1.82) is 0 Å². The average Bonchev–Trinajstić information content (AvgIpc) is 2.98. The predicted molar refractivity (Wildman–Crippen MR) is 91.2 cm³/mol. The van der Waals surface area contributed by atoms with Crippen molar-refractivity contribution in [3.05, 3.63) is 57.9 Å². The van der Waals surface area contributed by atoms with Crippen molar-refractivity contribution in [1.82, 2.24) is 0 Å². The van der Waals surface area contributed by atoms with Gasteiger partial charge in [-0.1, -0.05) is 18.2 Å². The summed E-state index contributed by atoms with van der Waals surface area (Å²) < 4.78 is 0. The van der Waals surface area contributed by atoms with Crippen molar-refractivity contribution < 1.29 is 4.79 Å². The van der Waals surface area contributed by atoms with Crippen LogP contribution < -0.4 is 5.32 Å². The van der Waals surface area contributed by atoms with Gasteiger partial charge in [0, 0.05) is 22.9 Å². The molecule has 1 aliphatic carbocycles. The van der Waals surface area contributed by atoms with Gasteiger partial charge in [0.25, 0.3) is 0 Å². The normalized spacial score (nSPS) is 20.7. The molecule has 0 amide bonds. The van der Waals surface area contributed by atoms with Gasteiger partial charge in [-0.25, -0.2) is 0 Å². The Hall–Kier alpha value is -2.20. The molecule has 1 aromatic carbocycles. The Bertz CT molecular complexity index is 802. The minimum atomic E-state index is 0.196. The van der Waals surface area contributed by atoms with Crippen molar-refractivity contribution in [2.24, 2.45) is 4.99 Å². The fourth-order valence-electron chi connectivity index (χ4n) is 3.23. The Kier molecular flexibility index (Phi) is 3.19. The van der Waals surface area contributed by atoms with Gasteiger partial charge in [0.15, 0.2) is 5.78 Å². The maximum absolute atomic E-state index is 12.7. The maximum atomic E-state index is 12.7. The number of rotatable bonds is 1. The Balaban J connectivity index is 1.81. The predicted octanol–water partition coefficient (Wildman–Crippen LogP) is 4.67. The second-order valence-electron chi connectivity index (χ2n) is 5.74. The lowest BCUT2D eigenvalue weighted by Gasteiger charge is -2.24. The van der Waals surface area contributed by atoms with E-state index in [4.69, 9.17) is 4.99 Å². The molecule has 1 aliphatic heterocycles. The van der Waals surface area contributed by atoms with E-state index in [9.17, 15) is 4.79 Å². The minimum Gasteiger partial charge on any atom is -0.357 e. The second-order valence-corrected chi connectivity index (χ2v) is 6.72. The molecule has 4 rings (SSSR count). The molecule has 0 radical (unpaired) electrons. The summed E-state index contributed by atoms with van der Waals surface area (Å²) in [6, 6.07) is 12.1. The molecule has 0 bridgehead atoms. The van der Waals surface area contributed by atoms with E-state index in [1.807, 2.05) is 37.3 Å². The van der Waals surface area contributed by atoms with Crippen LogP contribution in [0, 0.1) is 0 Å². The SMILES string of the molecule is CC1=C2C(=O)C[C@@H](c3cccs3)CC2=Nc2ccccc2N1. The molecule has 4 heteroatoms. The van der Waals surface area contributed by atoms with Crippen LogP contribution in [0.4, 0.5) is 11.4 Å². The largest absolute Gasteiger partial charge is 0.357 e. The number of anilines is 1. The van der Waals surface area contributed by atoms with E-state index in [1.54, 1.807) is 11.3 Å². The van der Waals surface area contributed by atoms with Gasteiger partial charge in [-0.3, -0.25) is 9.79 Å². The van der Waals surface area contributed by atoms with Crippen molar-refractivity contribution in [3.8, 4) is 0 Å². The van der Waals surface area contributed by atoms with E-state index in [0.717, 1.165) is 34.8 Å². The topological polar surface area (TPSA) is 41.5 Å². The zero-order valence-electron chi connectivity index (χ0n) is 12.3. The molecule has 3 nitrogen and oxygen atoms in total. The summed E-state index contributed by atoms with van der Waals surface area (Å²) >= 11 is 1.72. The lowest BCUT2D eigenvalue weighted by Crippen LogP contribution is -2.26. The highest BCUT2D eigenvalue weighted by Crippen LogP contribution is 2.39. The van der Waals surface area contributed by atoms with Crippen LogP contribution in [0.15, 0.2) is 58.0 Å². The molecule has 110 valence electrons. The summed E-state index contributed by atoms with van der Waals surface area (Å²) in [4.78, 5) is 18.8. The molecule has 0 unspecified atom stereocenters. The highest BCUT2D eigenvalue weighted by molar-refractivity contribution is 7.10. The van der Waals surface area contributed by atoms with Gasteiger partial charge < -0.3 is 5.32 Å². The van der Waals surface area contributed by atoms with Crippen LogP contribution in [0.1, 0.15) is 30.6 Å². The first-order valence-electron chi connectivity index (χ1n) is 7.44. The van der Waals surface area contributed by atoms with Gasteiger partial charge >= 0.3 is 0 Å². The Morgan fingerprint density at radius 2 is 2.05 bits per heavy atom. The van der Waals surface area contributed by atoms with E-state index in [2.05, 4.69) is 16.8 Å². The number of allylic oxidation sites excluding steroid dienone is 2. The molecule has 2 aromatic rings. The van der Waals surface area contributed by atoms with Crippen LogP contribution in [0.3, 0.4) is 0 Å². The number of nitrogens with one attached hydrogen (secondary N) is 1. The number of carbonyl (C=O) groups excluding carboxylic acids is 1. The van der Waals surface area contributed by atoms with E-state index >= 15 is 0 Å². The van der Waals surface area contributed by atoms with Crippen LogP contribution in [-0.2, 0) is 4.79 Å². The van der Waals surface area contributed by atoms with E-state index in [1.165, 1.54) is 4.88 Å². The number of para-hydroxylation sites is 2. The van der Waals surface area contributed by atoms with E-state index < -0.39 is 0 Å². The minimum absolute atomic E-state index is 0.196. The smallest absolute Gasteiger partial charge is 0.167 e. The third-order valence-electron chi connectivity index (χ3n) is 4.24. The van der Waals surface area contributed by atoms with Gasteiger partial charge in [-0.15, -0.1) is 11.3 Å². The summed E-state index contributed by atoms with van der Waals surface area (Å²) in [5.41, 5.74) is 4.49. The van der Waals surface area contributed by atoms with Crippen LogP contribution >= 0.6 is 11.3 Å². The van der Waals surface area contributed by atoms with Crippen molar-refractivity contribution in [2.75, 3.05) is 5.32 Å². The number of hydrogen-bond donors (Lipinski definition) is 1. The number of ketones is 1. The van der Waals surface area contributed by atoms with Crippen molar-refractivity contribution in [3.63, 3.8) is 0 Å². The number of nitrogens with zero attached hydrogens (tertiary/aromatic N) is 1. The number of benzene rings is 1. The molecular weight excluding hydrogens is 292 g/mol. The maximum Gasteiger partial charge on any atom is 0.167 e. The monoisotopic (exact) mass is 308 g/mol. The summed E-state index contributed by atoms with van der Waals surface area (Å²) in [5, 5.41) is 5.42. The highest BCUT2D eigenvalue weighted by Gasteiger charge is 2.33. The Morgan fingerprint density at radius 3 is 2.86 bits per heavy atom. The van der Waals surface area contributed by atoms with Gasteiger partial charge in [0.1, 0.15) is 0 Å². The standard InChI is InChI=1S/C18H16N2OS/c1-11-18-15(20-14-6-3-2-5-13(14)19-11)9-12(10-16(18)21)17-7-4-8-22-17/h2-8,12,19H,9-10H2,1H3/t12-/m0/s1. The Morgan fingerprint density at radius 1 is 1.18 bits per heavy atom. The first kappa shape index (κ1) is 13.5. The molecule has 0 spiro atoms. The second kappa shape index (κ2) is 5.21. The lowest BCUT2D eigenvalue weighted by molar-refractivity contribution is -0.115. The number of Topliss-reactive ketones (excluding diaryl/α,β-unsaturated/α-hetero) is 1. The number of fused-ring (bicyclic) bond motifs is 2. The fourth-order valence-corrected chi connectivity index (χ4v) is 4.06. The zero-order chi connectivity index (χ0) is 15.1. The van der Waals surface area contributed by atoms with Crippen LogP contribution in [0.25, 0.3) is 0 Å². The first-order chi connectivity index (χ1) is 10.7. The number of thiophene rings is 1. The molecule has 1 aromatic heterocycles. The molecule has 22 heavy (non-hydrogen) atoms. The van der Waals surface area contributed by atoms with Crippen LogP contribution in [-0.4, -0.2) is 11.5 Å². The summed E-state index contributed by atoms with van der Waals surface area (Å²) in [6.45, 7) is 1.97. The third kappa shape index (κ3) is 2.20. The summed E-state index contributed by atoms with van der Waals surface area (Å²) in [5.74, 6) is 0.453. The van der Waals surface area contributed by atoms with E-state index in [-0.39, 0.29) is 11.7 Å². The van der Waals surface area contributed by atoms with Crippen LogP contribution in [0.2, 0.25) is 0 Å². The van der Waals surface area contributed by atoms with Gasteiger partial charge in [0.05, 0.1) is 22.7 Å². The quantitative estimate of drug-likeness (QED) is 0.832. The summed E-state index contributed by atoms with van der Waals surface area (Å²) in [7, 11) is 0. The first-order valence-corrected chi connectivity index (χ1v) is 8.32. The highest BCUT2D eigenvalue weighted by atomic mass is 32.1. The lowest BCUT2D eigenvalue weighted by atomic mass is 9.81. The van der Waals surface area contributed by atoms with Gasteiger partial charge in [-0.2, -0.15) is 0 Å². The fraction of sp³-hybridized carbons (Fsp3) is 0.222. The third-order valence-corrected chi connectivity index (χ3v) is 5.28. The van der Waals surface area contributed by atoms with Gasteiger partial charge in [0.2, 0.25) is 0 Å². The molecule has 1 fully saturated rings. The molecule has 1 N–H and O–H groups in total. The zero-order valence-corrected chi connectivity index (χ0v) is 13.1. The Labute approximate surface area is 133 Å². The molecule has 2 heterocycles. The van der Waals surface area contributed by atoms with Crippen LogP contribution in [0.5, 0.6) is 0 Å². The average molecular weight is 308 g/mol. The molecular formula is C18H16N2OS. The molecule has 0 saturated heterocycles. The van der Waals surface area contributed by atoms with Crippen molar-refractivity contribution >= 4 is 34.2 Å². The number of hydrogen-bond acceptors (Lipinski definition) is 4.